The number of fused-ring (bicyclic) bond motifs is 1. The number of Topliss-reactive ketones (excluding diaryl/α,β-unsaturated/α-hetero) is 1. The number of carbonyl (C=O) groups excluding carboxylic acids is 3. The van der Waals surface area contributed by atoms with Gasteiger partial charge in [-0.3, -0.25) is 14.4 Å². The van der Waals surface area contributed by atoms with Crippen molar-refractivity contribution in [2.75, 3.05) is 17.2 Å². The minimum atomic E-state index is -1.24. The number of nitrogen functional groups attached to an aromatic ring is 1. The fourth-order valence-corrected chi connectivity index (χ4v) is 6.59. The molecule has 5 N–H and O–H groups in total. The highest BCUT2D eigenvalue weighted by Gasteiger charge is 2.56. The van der Waals surface area contributed by atoms with Crippen LogP contribution in [0, 0.1) is 5.92 Å². The van der Waals surface area contributed by atoms with Gasteiger partial charge in [0.15, 0.2) is 22.4 Å². The quantitative estimate of drug-likeness (QED) is 0.240. The number of carboxylic acids is 1. The lowest BCUT2D eigenvalue weighted by molar-refractivity contribution is -0.139. The number of carbonyl (C=O) groups is 4. The smallest absolute Gasteiger partial charge is 0.332 e. The Labute approximate surface area is 198 Å². The highest BCUT2D eigenvalue weighted by atomic mass is 32.2. The zero-order valence-corrected chi connectivity index (χ0v) is 19.0. The number of hydrogen-bond donors (Lipinski definition) is 4. The number of oxime groups is 1. The first-order valence-electron chi connectivity index (χ1n) is 9.37. The Balaban J connectivity index is 1.46. The molecule has 33 heavy (non-hydrogen) atoms. The number of hydrogen-bond acceptors (Lipinski definition) is 12. The summed E-state index contributed by atoms with van der Waals surface area (Å²) in [6.07, 6.45) is 1.37. The summed E-state index contributed by atoms with van der Waals surface area (Å²) in [6.45, 7) is 0. The molecule has 1 amide bonds. The van der Waals surface area contributed by atoms with Crippen LogP contribution >= 0.6 is 34.9 Å². The van der Waals surface area contributed by atoms with Crippen molar-refractivity contribution in [1.29, 1.82) is 0 Å². The second-order valence-corrected chi connectivity index (χ2v) is 10.0. The van der Waals surface area contributed by atoms with Crippen molar-refractivity contribution in [2.24, 2.45) is 11.1 Å². The van der Waals surface area contributed by atoms with Gasteiger partial charge in [-0.2, -0.15) is 11.8 Å². The van der Waals surface area contributed by atoms with Crippen molar-refractivity contribution >= 4 is 68.5 Å². The average Bonchev–Trinajstić information content (AvgIpc) is 3.47. The van der Waals surface area contributed by atoms with Crippen molar-refractivity contribution in [1.82, 2.24) is 10.3 Å². The fraction of sp³-hybridized carbons (Fsp3) is 0.263. The number of aromatic nitrogens is 1. The maximum Gasteiger partial charge on any atom is 0.332 e. The summed E-state index contributed by atoms with van der Waals surface area (Å²) in [5.74, 6) is -2.90. The molecule has 1 fully saturated rings. The zero-order valence-electron chi connectivity index (χ0n) is 16.6. The SMILES string of the molecule is Nc1nc(/C(=N/O)C(=O)N[C@@H]2C(=O)C3C(C(=O)O)=C(CSC(=O)c4ccco4)CS[C@@H]32)cs1. The number of nitrogens with two attached hydrogens (primary N) is 1. The van der Waals surface area contributed by atoms with Gasteiger partial charge in [-0.1, -0.05) is 16.9 Å². The molecule has 172 valence electrons. The van der Waals surface area contributed by atoms with Gasteiger partial charge in [0.1, 0.15) is 11.7 Å². The van der Waals surface area contributed by atoms with E-state index in [9.17, 15) is 29.5 Å². The normalized spacial score (nSPS) is 22.5. The predicted octanol–water partition coefficient (Wildman–Crippen LogP) is 1.25. The summed E-state index contributed by atoms with van der Waals surface area (Å²) in [5, 5.41) is 25.2. The van der Waals surface area contributed by atoms with Crippen LogP contribution in [0.1, 0.15) is 16.2 Å². The topological polar surface area (TPSA) is 185 Å². The minimum absolute atomic E-state index is 0.0442. The van der Waals surface area contributed by atoms with Gasteiger partial charge in [0, 0.05) is 27.7 Å². The van der Waals surface area contributed by atoms with E-state index in [0.29, 0.717) is 5.57 Å². The van der Waals surface area contributed by atoms with Crippen molar-refractivity contribution in [3.8, 4) is 0 Å². The lowest BCUT2D eigenvalue weighted by Crippen LogP contribution is -2.66. The monoisotopic (exact) mass is 508 g/mol. The second kappa shape index (κ2) is 9.41. The Kier molecular flexibility index (Phi) is 6.58. The molecule has 3 heterocycles. The molecule has 0 bridgehead atoms. The average molecular weight is 509 g/mol. The molecular formula is C19H16N4O7S3. The molecule has 1 aliphatic heterocycles. The molecule has 2 aromatic rings. The van der Waals surface area contributed by atoms with E-state index in [1.165, 1.54) is 29.5 Å². The van der Waals surface area contributed by atoms with Crippen molar-refractivity contribution in [3.63, 3.8) is 0 Å². The Morgan fingerprint density at radius 3 is 2.79 bits per heavy atom. The van der Waals surface area contributed by atoms with E-state index in [2.05, 4.69) is 15.5 Å². The highest BCUT2D eigenvalue weighted by Crippen LogP contribution is 2.46. The van der Waals surface area contributed by atoms with Gasteiger partial charge < -0.3 is 25.8 Å². The van der Waals surface area contributed by atoms with Crippen LogP contribution in [0.15, 0.2) is 44.5 Å². The maximum atomic E-state index is 12.8. The second-order valence-electron chi connectivity index (χ2n) is 7.00. The molecule has 4 rings (SSSR count). The summed E-state index contributed by atoms with van der Waals surface area (Å²) in [4.78, 5) is 53.4. The zero-order chi connectivity index (χ0) is 23.7. The number of rotatable bonds is 7. The molecule has 1 saturated carbocycles. The number of aliphatic carboxylic acids is 1. The number of nitrogens with one attached hydrogen (secondary N) is 1. The molecular weight excluding hydrogens is 492 g/mol. The molecule has 1 unspecified atom stereocenters. The molecule has 0 radical (unpaired) electrons. The lowest BCUT2D eigenvalue weighted by Gasteiger charge is -2.46. The van der Waals surface area contributed by atoms with E-state index in [4.69, 9.17) is 10.2 Å². The first kappa shape index (κ1) is 23.1. The third kappa shape index (κ3) is 4.41. The summed E-state index contributed by atoms with van der Waals surface area (Å²) in [7, 11) is 0. The number of anilines is 1. The van der Waals surface area contributed by atoms with Gasteiger partial charge >= 0.3 is 5.97 Å². The predicted molar refractivity (Wildman–Crippen MR) is 122 cm³/mol. The van der Waals surface area contributed by atoms with Crippen LogP contribution in [0.2, 0.25) is 0 Å². The number of carboxylic acid groups (broad SMARTS) is 1. The van der Waals surface area contributed by atoms with Crippen molar-refractivity contribution < 1.29 is 33.9 Å². The van der Waals surface area contributed by atoms with Gasteiger partial charge in [0.2, 0.25) is 0 Å². The minimum Gasteiger partial charge on any atom is -0.478 e. The van der Waals surface area contributed by atoms with E-state index in [-0.39, 0.29) is 38.8 Å². The molecule has 0 aromatic carbocycles. The largest absolute Gasteiger partial charge is 0.478 e. The molecule has 0 saturated heterocycles. The highest BCUT2D eigenvalue weighted by molar-refractivity contribution is 8.14. The van der Waals surface area contributed by atoms with Crippen molar-refractivity contribution in [3.05, 3.63) is 46.4 Å². The third-order valence-corrected chi connectivity index (χ3v) is 8.18. The summed E-state index contributed by atoms with van der Waals surface area (Å²) < 4.78 is 5.05. The molecule has 2 aromatic heterocycles. The standard InChI is InChI=1S/C19H16N4O7S3/c20-19-21-8(6-33-19)12(23-29)16(25)22-13-14(24)11-10(17(26)27)7(4-31-15(11)13)5-32-18(28)9-2-1-3-30-9/h1-3,6,11,13,15,29H,4-5H2,(H2,20,21)(H,22,25)(H,26,27)/b23-12-/t11?,13-,15+/m1/s1. The van der Waals surface area contributed by atoms with Gasteiger partial charge in [0.05, 0.1) is 12.2 Å². The van der Waals surface area contributed by atoms with E-state index < -0.39 is 40.6 Å². The Bertz CT molecular complexity index is 1190. The van der Waals surface area contributed by atoms with Gasteiger partial charge in [-0.25, -0.2) is 9.78 Å². The van der Waals surface area contributed by atoms with Crippen LogP contribution in [0.25, 0.3) is 0 Å². The lowest BCUT2D eigenvalue weighted by atomic mass is 9.71. The molecule has 0 spiro atoms. The number of ketones is 1. The number of nitrogens with zero attached hydrogens (tertiary/aromatic N) is 2. The van der Waals surface area contributed by atoms with E-state index in [1.807, 2.05) is 0 Å². The number of furan rings is 1. The summed E-state index contributed by atoms with van der Waals surface area (Å²) in [5.41, 5.74) is 5.63. The first-order chi connectivity index (χ1) is 15.8. The summed E-state index contributed by atoms with van der Waals surface area (Å²) >= 11 is 3.28. The number of thiazole rings is 1. The van der Waals surface area contributed by atoms with Crippen LogP contribution in [0.3, 0.4) is 0 Å². The number of amides is 1. The number of thioether (sulfide) groups is 2. The fourth-order valence-electron chi connectivity index (χ4n) is 3.58. The van der Waals surface area contributed by atoms with E-state index >= 15 is 0 Å². The van der Waals surface area contributed by atoms with Gasteiger partial charge in [-0.05, 0) is 17.7 Å². The van der Waals surface area contributed by atoms with Crippen LogP contribution in [0.4, 0.5) is 5.13 Å². The maximum absolute atomic E-state index is 12.8. The van der Waals surface area contributed by atoms with Crippen LogP contribution in [0.5, 0.6) is 0 Å². The van der Waals surface area contributed by atoms with Crippen molar-refractivity contribution in [2.45, 2.75) is 11.3 Å². The van der Waals surface area contributed by atoms with E-state index in [0.717, 1.165) is 23.1 Å². The summed E-state index contributed by atoms with van der Waals surface area (Å²) in [6, 6.07) is 2.14. The van der Waals surface area contributed by atoms with Crippen LogP contribution in [-0.4, -0.2) is 66.6 Å². The van der Waals surface area contributed by atoms with Gasteiger partial charge in [0.25, 0.3) is 11.0 Å². The Morgan fingerprint density at radius 1 is 1.39 bits per heavy atom. The van der Waals surface area contributed by atoms with Gasteiger partial charge in [-0.15, -0.1) is 11.3 Å². The Hall–Kier alpha value is -3.10. The first-order valence-corrected chi connectivity index (χ1v) is 12.3. The van der Waals surface area contributed by atoms with E-state index in [1.54, 1.807) is 6.07 Å². The van der Waals surface area contributed by atoms with Crippen LogP contribution < -0.4 is 11.1 Å². The molecule has 11 nitrogen and oxygen atoms in total. The van der Waals surface area contributed by atoms with Crippen LogP contribution in [-0.2, 0) is 14.4 Å². The third-order valence-electron chi connectivity index (χ3n) is 5.11. The molecule has 1 aliphatic carbocycles. The molecule has 3 atom stereocenters. The Morgan fingerprint density at radius 2 is 2.18 bits per heavy atom. The molecule has 2 aliphatic rings. The molecule has 14 heteroatoms.